The summed E-state index contributed by atoms with van der Waals surface area (Å²) in [6.07, 6.45) is 2.07. The molecule has 0 saturated carbocycles. The summed E-state index contributed by atoms with van der Waals surface area (Å²) in [6, 6.07) is 9.91. The summed E-state index contributed by atoms with van der Waals surface area (Å²) in [4.78, 5) is 3.95. The van der Waals surface area contributed by atoms with Gasteiger partial charge in [-0.3, -0.25) is 0 Å². The van der Waals surface area contributed by atoms with Gasteiger partial charge in [0.15, 0.2) is 5.82 Å². The van der Waals surface area contributed by atoms with Crippen molar-refractivity contribution >= 4 is 0 Å². The molecule has 1 N–H and O–H groups in total. The van der Waals surface area contributed by atoms with E-state index in [0.717, 1.165) is 18.5 Å². The van der Waals surface area contributed by atoms with E-state index in [2.05, 4.69) is 33.0 Å². The number of benzene rings is 1. The van der Waals surface area contributed by atoms with Gasteiger partial charge < -0.3 is 9.84 Å². The quantitative estimate of drug-likeness (QED) is 0.865. The van der Waals surface area contributed by atoms with Crippen LogP contribution in [0.5, 0.6) is 0 Å². The second-order valence-electron chi connectivity index (χ2n) is 4.01. The van der Waals surface area contributed by atoms with Crippen LogP contribution in [0, 0.1) is 11.3 Å². The van der Waals surface area contributed by atoms with E-state index in [-0.39, 0.29) is 6.04 Å². The van der Waals surface area contributed by atoms with Crippen LogP contribution in [0.3, 0.4) is 0 Å². The molecule has 0 aliphatic carbocycles. The third kappa shape index (κ3) is 3.15. The molecule has 0 aliphatic rings. The highest BCUT2D eigenvalue weighted by Gasteiger charge is 2.05. The molecule has 0 aliphatic heterocycles. The summed E-state index contributed by atoms with van der Waals surface area (Å²) >= 11 is 0. The zero-order valence-corrected chi connectivity index (χ0v) is 10.1. The Labute approximate surface area is 105 Å². The first-order chi connectivity index (χ1) is 8.79. The minimum Gasteiger partial charge on any atom is -0.343 e. The minimum atomic E-state index is 0.227. The van der Waals surface area contributed by atoms with E-state index in [1.54, 1.807) is 0 Å². The van der Waals surface area contributed by atoms with Crippen LogP contribution in [0.25, 0.3) is 0 Å². The van der Waals surface area contributed by atoms with Gasteiger partial charge in [-0.25, -0.2) is 0 Å². The molecule has 18 heavy (non-hydrogen) atoms. The van der Waals surface area contributed by atoms with Crippen molar-refractivity contribution in [3.8, 4) is 6.07 Å². The van der Waals surface area contributed by atoms with E-state index < -0.39 is 0 Å². The maximum atomic E-state index is 8.73. The summed E-state index contributed by atoms with van der Waals surface area (Å²) in [5.41, 5.74) is 1.83. The number of aromatic nitrogens is 2. The zero-order valence-electron chi connectivity index (χ0n) is 10.1. The first-order valence-corrected chi connectivity index (χ1v) is 5.78. The predicted molar refractivity (Wildman–Crippen MR) is 65.6 cm³/mol. The largest absolute Gasteiger partial charge is 0.343 e. The fourth-order valence-corrected chi connectivity index (χ4v) is 1.67. The molecule has 92 valence electrons. The molecule has 1 unspecified atom stereocenters. The van der Waals surface area contributed by atoms with Crippen molar-refractivity contribution < 1.29 is 4.52 Å². The van der Waals surface area contributed by atoms with Crippen LogP contribution in [0.2, 0.25) is 0 Å². The summed E-state index contributed by atoms with van der Waals surface area (Å²) in [6.45, 7) is 2.86. The first kappa shape index (κ1) is 12.3. The van der Waals surface area contributed by atoms with Crippen molar-refractivity contribution in [3.05, 3.63) is 47.6 Å². The van der Waals surface area contributed by atoms with E-state index in [9.17, 15) is 0 Å². The number of hydrogen-bond acceptors (Lipinski definition) is 5. The normalized spacial score (nSPS) is 12.0. The van der Waals surface area contributed by atoms with Gasteiger partial charge in [-0.05, 0) is 24.6 Å². The number of nitrogens with zero attached hydrogens (tertiary/aromatic N) is 3. The molecule has 0 spiro atoms. The molecule has 0 radical (unpaired) electrons. The van der Waals surface area contributed by atoms with Crippen molar-refractivity contribution in [1.82, 2.24) is 15.5 Å². The van der Waals surface area contributed by atoms with Gasteiger partial charge in [-0.2, -0.15) is 10.2 Å². The Bertz CT molecular complexity index is 513. The molecule has 1 heterocycles. The Morgan fingerprint density at radius 3 is 2.78 bits per heavy atom. The van der Waals surface area contributed by atoms with Crippen LogP contribution in [0.15, 0.2) is 35.2 Å². The molecule has 5 heteroatoms. The third-order valence-corrected chi connectivity index (χ3v) is 2.75. The first-order valence-electron chi connectivity index (χ1n) is 5.78. The lowest BCUT2D eigenvalue weighted by molar-refractivity contribution is 0.408. The lowest BCUT2D eigenvalue weighted by atomic mass is 10.1. The van der Waals surface area contributed by atoms with Crippen molar-refractivity contribution in [2.45, 2.75) is 19.4 Å². The average molecular weight is 242 g/mol. The molecule has 2 aromatic rings. The number of hydrogen-bond donors (Lipinski definition) is 1. The smallest absolute Gasteiger partial charge is 0.213 e. The molecule has 1 aromatic heterocycles. The molecule has 1 atom stereocenters. The van der Waals surface area contributed by atoms with Gasteiger partial charge in [-0.15, -0.1) is 0 Å². The van der Waals surface area contributed by atoms with E-state index >= 15 is 0 Å². The lowest BCUT2D eigenvalue weighted by Gasteiger charge is -2.13. The fourth-order valence-electron chi connectivity index (χ4n) is 1.67. The van der Waals surface area contributed by atoms with Gasteiger partial charge in [0.1, 0.15) is 0 Å². The predicted octanol–water partition coefficient (Wildman–Crippen LogP) is 1.83. The summed E-state index contributed by atoms with van der Waals surface area (Å²) < 4.78 is 4.66. The maximum Gasteiger partial charge on any atom is 0.213 e. The Hall–Kier alpha value is -2.19. The SMILES string of the molecule is CC(NCCc1ncon1)c1ccc(C#N)cc1. The molecule has 0 saturated heterocycles. The number of nitrogens with one attached hydrogen (secondary N) is 1. The maximum absolute atomic E-state index is 8.73. The van der Waals surface area contributed by atoms with Crippen molar-refractivity contribution in [2.75, 3.05) is 6.54 Å². The van der Waals surface area contributed by atoms with E-state index in [4.69, 9.17) is 5.26 Å². The van der Waals surface area contributed by atoms with Gasteiger partial charge in [-0.1, -0.05) is 17.3 Å². The highest BCUT2D eigenvalue weighted by atomic mass is 16.5. The van der Waals surface area contributed by atoms with Crippen LogP contribution < -0.4 is 5.32 Å². The van der Waals surface area contributed by atoms with Crippen LogP contribution >= 0.6 is 0 Å². The summed E-state index contributed by atoms with van der Waals surface area (Å²) in [7, 11) is 0. The molecule has 0 amide bonds. The Kier molecular flexibility index (Phi) is 4.05. The second kappa shape index (κ2) is 5.94. The summed E-state index contributed by atoms with van der Waals surface area (Å²) in [5, 5.41) is 15.8. The molecule has 5 nitrogen and oxygen atoms in total. The Morgan fingerprint density at radius 2 is 2.17 bits per heavy atom. The molecule has 2 rings (SSSR count). The van der Waals surface area contributed by atoms with Gasteiger partial charge in [0, 0.05) is 19.0 Å². The van der Waals surface area contributed by atoms with Crippen molar-refractivity contribution in [2.24, 2.45) is 0 Å². The van der Waals surface area contributed by atoms with Crippen LogP contribution in [0.1, 0.15) is 29.9 Å². The van der Waals surface area contributed by atoms with E-state index in [1.165, 1.54) is 6.39 Å². The van der Waals surface area contributed by atoms with Gasteiger partial charge in [0.05, 0.1) is 11.6 Å². The Morgan fingerprint density at radius 1 is 1.39 bits per heavy atom. The van der Waals surface area contributed by atoms with Crippen molar-refractivity contribution in [3.63, 3.8) is 0 Å². The van der Waals surface area contributed by atoms with Crippen LogP contribution in [-0.2, 0) is 6.42 Å². The van der Waals surface area contributed by atoms with E-state index in [1.807, 2.05) is 24.3 Å². The monoisotopic (exact) mass is 242 g/mol. The highest BCUT2D eigenvalue weighted by molar-refractivity contribution is 5.32. The Balaban J connectivity index is 1.83. The molecular weight excluding hydrogens is 228 g/mol. The molecule has 1 aromatic carbocycles. The topological polar surface area (TPSA) is 74.7 Å². The van der Waals surface area contributed by atoms with Gasteiger partial charge in [0.2, 0.25) is 6.39 Å². The standard InChI is InChI=1S/C13H14N4O/c1-10(12-4-2-11(8-14)3-5-12)15-7-6-13-16-9-18-17-13/h2-5,9-10,15H,6-7H2,1H3. The molecule has 0 fully saturated rings. The second-order valence-corrected chi connectivity index (χ2v) is 4.01. The summed E-state index contributed by atoms with van der Waals surface area (Å²) in [5.74, 6) is 0.703. The molecule has 0 bridgehead atoms. The number of nitriles is 1. The van der Waals surface area contributed by atoms with Crippen LogP contribution in [0.4, 0.5) is 0 Å². The van der Waals surface area contributed by atoms with Gasteiger partial charge >= 0.3 is 0 Å². The minimum absolute atomic E-state index is 0.227. The van der Waals surface area contributed by atoms with Gasteiger partial charge in [0.25, 0.3) is 0 Å². The van der Waals surface area contributed by atoms with E-state index in [0.29, 0.717) is 11.4 Å². The number of rotatable bonds is 5. The van der Waals surface area contributed by atoms with Crippen molar-refractivity contribution in [1.29, 1.82) is 5.26 Å². The van der Waals surface area contributed by atoms with Crippen LogP contribution in [-0.4, -0.2) is 16.7 Å². The zero-order chi connectivity index (χ0) is 12.8. The lowest BCUT2D eigenvalue weighted by Crippen LogP contribution is -2.21. The fraction of sp³-hybridized carbons (Fsp3) is 0.308. The average Bonchev–Trinajstić information content (AvgIpc) is 2.92. The molecular formula is C13H14N4O. The highest BCUT2D eigenvalue weighted by Crippen LogP contribution is 2.12. The third-order valence-electron chi connectivity index (χ3n) is 2.75.